The van der Waals surface area contributed by atoms with Crippen molar-refractivity contribution in [2.45, 2.75) is 12.5 Å². The number of anilines is 3. The number of fused-ring (bicyclic) bond motifs is 2. The van der Waals surface area contributed by atoms with Crippen LogP contribution in [0.25, 0.3) is 21.8 Å². The van der Waals surface area contributed by atoms with Gasteiger partial charge >= 0.3 is 0 Å². The zero-order valence-electron chi connectivity index (χ0n) is 16.1. The van der Waals surface area contributed by atoms with Gasteiger partial charge in [-0.25, -0.2) is 4.98 Å². The van der Waals surface area contributed by atoms with Gasteiger partial charge in [-0.15, -0.1) is 0 Å². The van der Waals surface area contributed by atoms with Crippen LogP contribution >= 0.6 is 0 Å². The van der Waals surface area contributed by atoms with E-state index in [0.29, 0.717) is 6.04 Å². The molecule has 1 aliphatic heterocycles. The van der Waals surface area contributed by atoms with Crippen molar-refractivity contribution in [1.82, 2.24) is 25.1 Å². The molecular formula is C21H23N7. The summed E-state index contributed by atoms with van der Waals surface area (Å²) in [4.78, 5) is 13.8. The van der Waals surface area contributed by atoms with Gasteiger partial charge < -0.3 is 15.1 Å². The van der Waals surface area contributed by atoms with E-state index in [2.05, 4.69) is 73.6 Å². The van der Waals surface area contributed by atoms with Crippen molar-refractivity contribution < 1.29 is 0 Å². The Kier molecular flexibility index (Phi) is 4.09. The van der Waals surface area contributed by atoms with Crippen molar-refractivity contribution >= 4 is 39.1 Å². The quantitative estimate of drug-likeness (QED) is 0.571. The van der Waals surface area contributed by atoms with Gasteiger partial charge in [0, 0.05) is 42.6 Å². The maximum Gasteiger partial charge on any atom is 0.178 e. The summed E-state index contributed by atoms with van der Waals surface area (Å²) in [5.74, 6) is 1.80. The molecule has 1 atom stereocenters. The fourth-order valence-electron chi connectivity index (χ4n) is 3.92. The largest absolute Gasteiger partial charge is 0.354 e. The van der Waals surface area contributed by atoms with Crippen molar-refractivity contribution in [1.29, 1.82) is 0 Å². The average molecular weight is 373 g/mol. The van der Waals surface area contributed by atoms with Crippen LogP contribution in [0.3, 0.4) is 0 Å². The summed E-state index contributed by atoms with van der Waals surface area (Å²) in [5.41, 5.74) is 2.74. The highest BCUT2D eigenvalue weighted by Gasteiger charge is 2.25. The Hall–Kier alpha value is -3.19. The van der Waals surface area contributed by atoms with E-state index in [-0.39, 0.29) is 0 Å². The number of aromatic amines is 1. The molecule has 1 unspecified atom stereocenters. The van der Waals surface area contributed by atoms with Crippen LogP contribution in [0.1, 0.15) is 6.42 Å². The molecule has 0 amide bonds. The van der Waals surface area contributed by atoms with Crippen molar-refractivity contribution in [2.75, 3.05) is 37.4 Å². The molecule has 0 radical (unpaired) electrons. The zero-order valence-corrected chi connectivity index (χ0v) is 16.1. The molecule has 0 aliphatic carbocycles. The monoisotopic (exact) mass is 373 g/mol. The van der Waals surface area contributed by atoms with Crippen LogP contribution in [0.4, 0.5) is 17.3 Å². The lowest BCUT2D eigenvalue weighted by molar-refractivity contribution is 0.315. The molecule has 142 valence electrons. The SMILES string of the molecule is CN(C)C1CCN(c2nccc3cc(Nc4n[nH]c5cccnc45)ccc23)C1. The van der Waals surface area contributed by atoms with Crippen molar-refractivity contribution in [3.63, 3.8) is 0 Å². The first kappa shape index (κ1) is 16.9. The number of likely N-dealkylation sites (N-methyl/N-ethyl adjacent to an activating group) is 1. The summed E-state index contributed by atoms with van der Waals surface area (Å²) in [6, 6.07) is 12.9. The summed E-state index contributed by atoms with van der Waals surface area (Å²) in [6.45, 7) is 2.06. The van der Waals surface area contributed by atoms with Gasteiger partial charge in [0.2, 0.25) is 0 Å². The molecule has 0 saturated carbocycles. The van der Waals surface area contributed by atoms with E-state index < -0.39 is 0 Å². The van der Waals surface area contributed by atoms with E-state index in [1.54, 1.807) is 6.20 Å². The molecule has 1 aliphatic rings. The Labute approximate surface area is 163 Å². The van der Waals surface area contributed by atoms with Gasteiger partial charge in [0.15, 0.2) is 5.82 Å². The number of pyridine rings is 2. The number of nitrogens with zero attached hydrogens (tertiary/aromatic N) is 5. The highest BCUT2D eigenvalue weighted by molar-refractivity contribution is 5.95. The van der Waals surface area contributed by atoms with Gasteiger partial charge in [0.1, 0.15) is 11.3 Å². The predicted molar refractivity (Wildman–Crippen MR) is 113 cm³/mol. The van der Waals surface area contributed by atoms with Crippen LogP contribution in [0, 0.1) is 0 Å². The normalized spacial score (nSPS) is 17.1. The van der Waals surface area contributed by atoms with Gasteiger partial charge in [0.05, 0.1) is 5.52 Å². The number of benzene rings is 1. The van der Waals surface area contributed by atoms with Gasteiger partial charge in [-0.1, -0.05) is 0 Å². The van der Waals surface area contributed by atoms with Crippen LogP contribution in [-0.4, -0.2) is 58.3 Å². The summed E-state index contributed by atoms with van der Waals surface area (Å²) < 4.78 is 0. The van der Waals surface area contributed by atoms with E-state index in [0.717, 1.165) is 46.8 Å². The average Bonchev–Trinajstić information content (AvgIpc) is 3.35. The topological polar surface area (TPSA) is 73.0 Å². The number of rotatable bonds is 4. The standard InChI is InChI=1S/C21H23N7/c1-27(2)16-8-11-28(13-16)21-17-6-5-15(12-14(17)7-10-23-21)24-20-19-18(25-26-20)4-3-9-22-19/h3-7,9-10,12,16H,8,11,13H2,1-2H3,(H2,24,25,26). The second-order valence-corrected chi connectivity index (χ2v) is 7.52. The van der Waals surface area contributed by atoms with Crippen molar-refractivity contribution in [3.8, 4) is 0 Å². The fraction of sp³-hybridized carbons (Fsp3) is 0.286. The molecule has 5 rings (SSSR count). The lowest BCUT2D eigenvalue weighted by Gasteiger charge is -2.22. The molecule has 3 aromatic heterocycles. The molecule has 4 aromatic rings. The number of hydrogen-bond acceptors (Lipinski definition) is 6. The molecule has 28 heavy (non-hydrogen) atoms. The number of aromatic nitrogens is 4. The maximum atomic E-state index is 4.69. The Bertz CT molecular complexity index is 1130. The Morgan fingerprint density at radius 1 is 1.14 bits per heavy atom. The van der Waals surface area contributed by atoms with E-state index in [4.69, 9.17) is 0 Å². The Morgan fingerprint density at radius 2 is 2.07 bits per heavy atom. The summed E-state index contributed by atoms with van der Waals surface area (Å²) >= 11 is 0. The number of H-pyrrole nitrogens is 1. The van der Waals surface area contributed by atoms with E-state index in [1.165, 1.54) is 11.8 Å². The molecule has 7 heteroatoms. The number of hydrogen-bond donors (Lipinski definition) is 2. The minimum atomic E-state index is 0.582. The molecule has 7 nitrogen and oxygen atoms in total. The molecule has 4 heterocycles. The van der Waals surface area contributed by atoms with Gasteiger partial charge in [0.25, 0.3) is 0 Å². The molecular weight excluding hydrogens is 350 g/mol. The zero-order chi connectivity index (χ0) is 19.1. The summed E-state index contributed by atoms with van der Waals surface area (Å²) in [6.07, 6.45) is 4.85. The highest BCUT2D eigenvalue weighted by Crippen LogP contribution is 2.31. The molecule has 2 N–H and O–H groups in total. The first-order chi connectivity index (χ1) is 13.7. The second-order valence-electron chi connectivity index (χ2n) is 7.52. The molecule has 0 bridgehead atoms. The fourth-order valence-corrected chi connectivity index (χ4v) is 3.92. The minimum absolute atomic E-state index is 0.582. The summed E-state index contributed by atoms with van der Waals surface area (Å²) in [7, 11) is 4.30. The highest BCUT2D eigenvalue weighted by atomic mass is 15.3. The third kappa shape index (κ3) is 2.93. The molecule has 1 aromatic carbocycles. The smallest absolute Gasteiger partial charge is 0.178 e. The van der Waals surface area contributed by atoms with E-state index >= 15 is 0 Å². The van der Waals surface area contributed by atoms with Gasteiger partial charge in [-0.05, 0) is 62.3 Å². The van der Waals surface area contributed by atoms with Crippen molar-refractivity contribution in [2.24, 2.45) is 0 Å². The third-order valence-corrected chi connectivity index (χ3v) is 5.52. The third-order valence-electron chi connectivity index (χ3n) is 5.52. The molecule has 0 spiro atoms. The van der Waals surface area contributed by atoms with Gasteiger partial charge in [-0.2, -0.15) is 5.10 Å². The van der Waals surface area contributed by atoms with Crippen LogP contribution in [-0.2, 0) is 0 Å². The lowest BCUT2D eigenvalue weighted by Crippen LogP contribution is -2.31. The van der Waals surface area contributed by atoms with Crippen LogP contribution < -0.4 is 10.2 Å². The maximum absolute atomic E-state index is 4.69. The van der Waals surface area contributed by atoms with E-state index in [1.807, 2.05) is 18.3 Å². The second kappa shape index (κ2) is 6.76. The lowest BCUT2D eigenvalue weighted by atomic mass is 10.1. The predicted octanol–water partition coefficient (Wildman–Crippen LogP) is 3.39. The Balaban J connectivity index is 1.46. The van der Waals surface area contributed by atoms with Crippen molar-refractivity contribution in [3.05, 3.63) is 48.8 Å². The van der Waals surface area contributed by atoms with E-state index in [9.17, 15) is 0 Å². The first-order valence-corrected chi connectivity index (χ1v) is 9.55. The number of nitrogens with one attached hydrogen (secondary N) is 2. The first-order valence-electron chi connectivity index (χ1n) is 9.55. The van der Waals surface area contributed by atoms with Crippen LogP contribution in [0.5, 0.6) is 0 Å². The Morgan fingerprint density at radius 3 is 2.93 bits per heavy atom. The molecule has 1 saturated heterocycles. The minimum Gasteiger partial charge on any atom is -0.354 e. The summed E-state index contributed by atoms with van der Waals surface area (Å²) in [5, 5.41) is 13.1. The van der Waals surface area contributed by atoms with Crippen LogP contribution in [0.2, 0.25) is 0 Å². The molecule has 1 fully saturated rings. The van der Waals surface area contributed by atoms with Crippen LogP contribution in [0.15, 0.2) is 48.8 Å². The van der Waals surface area contributed by atoms with Gasteiger partial charge in [-0.3, -0.25) is 10.1 Å².